The first-order valence-electron chi connectivity index (χ1n) is 3.73. The molecule has 12 heavy (non-hydrogen) atoms. The summed E-state index contributed by atoms with van der Waals surface area (Å²) >= 11 is 0. The summed E-state index contributed by atoms with van der Waals surface area (Å²) in [5.41, 5.74) is 6.00. The van der Waals surface area contributed by atoms with E-state index in [1.54, 1.807) is 13.8 Å². The molecular weight excluding hydrogens is 158 g/mol. The van der Waals surface area contributed by atoms with Crippen LogP contribution in [0.25, 0.3) is 0 Å². The molecule has 0 aromatic heterocycles. The second kappa shape index (κ2) is 5.03. The fraction of sp³-hybridized carbons (Fsp3) is 0.625. The molecule has 2 atom stereocenters. The van der Waals surface area contributed by atoms with Crippen LogP contribution in [0.3, 0.4) is 0 Å². The Morgan fingerprint density at radius 1 is 1.50 bits per heavy atom. The van der Waals surface area contributed by atoms with Crippen molar-refractivity contribution < 1.29 is 15.0 Å². The minimum atomic E-state index is -1.17. The number of aliphatic hydroxyl groups is 2. The molecule has 0 aliphatic carbocycles. The highest BCUT2D eigenvalue weighted by Crippen LogP contribution is 2.08. The Morgan fingerprint density at radius 2 is 2.00 bits per heavy atom. The highest BCUT2D eigenvalue weighted by Gasteiger charge is 2.19. The van der Waals surface area contributed by atoms with Crippen LogP contribution in [-0.4, -0.2) is 35.3 Å². The number of allylic oxidation sites excluding steroid dienone is 1. The number of hydrogen-bond acceptors (Lipinski definition) is 4. The van der Waals surface area contributed by atoms with Crippen molar-refractivity contribution in [2.75, 3.05) is 6.54 Å². The van der Waals surface area contributed by atoms with E-state index < -0.39 is 12.2 Å². The average Bonchev–Trinajstić information content (AvgIpc) is 2.03. The molecule has 0 aromatic carbocycles. The Morgan fingerprint density at radius 3 is 2.25 bits per heavy atom. The fourth-order valence-corrected chi connectivity index (χ4v) is 0.819. The zero-order valence-electron chi connectivity index (χ0n) is 7.32. The zero-order chi connectivity index (χ0) is 9.72. The maximum Gasteiger partial charge on any atom is 0.148 e. The first kappa shape index (κ1) is 11.3. The SMILES string of the molecule is CC(C)=C(C=O)C(O)C(O)CN. The largest absolute Gasteiger partial charge is 0.389 e. The molecule has 0 aliphatic heterocycles. The minimum Gasteiger partial charge on any atom is -0.389 e. The van der Waals surface area contributed by atoms with Crippen LogP contribution in [0.15, 0.2) is 11.1 Å². The third-order valence-corrected chi connectivity index (χ3v) is 1.63. The summed E-state index contributed by atoms with van der Waals surface area (Å²) in [4.78, 5) is 10.4. The summed E-state index contributed by atoms with van der Waals surface area (Å²) in [5.74, 6) is 0. The molecule has 0 aromatic rings. The lowest BCUT2D eigenvalue weighted by Crippen LogP contribution is -2.35. The minimum absolute atomic E-state index is 0.0637. The van der Waals surface area contributed by atoms with Gasteiger partial charge in [0.05, 0.1) is 6.10 Å². The van der Waals surface area contributed by atoms with Gasteiger partial charge in [0.2, 0.25) is 0 Å². The Balaban J connectivity index is 4.54. The lowest BCUT2D eigenvalue weighted by molar-refractivity contribution is -0.106. The van der Waals surface area contributed by atoms with Crippen LogP contribution in [0, 0.1) is 0 Å². The topological polar surface area (TPSA) is 83.5 Å². The van der Waals surface area contributed by atoms with Gasteiger partial charge in [-0.25, -0.2) is 0 Å². The molecular formula is C8H15NO3. The number of carbonyl (C=O) groups is 1. The maximum absolute atomic E-state index is 10.4. The number of rotatable bonds is 4. The Labute approximate surface area is 71.7 Å². The summed E-state index contributed by atoms with van der Waals surface area (Å²) in [7, 11) is 0. The van der Waals surface area contributed by atoms with Gasteiger partial charge in [-0.05, 0) is 13.8 Å². The molecule has 0 saturated heterocycles. The second-order valence-corrected chi connectivity index (χ2v) is 2.82. The van der Waals surface area contributed by atoms with E-state index >= 15 is 0 Å². The molecule has 0 bridgehead atoms. The summed E-state index contributed by atoms with van der Waals surface area (Å²) in [6, 6.07) is 0. The van der Waals surface area contributed by atoms with Crippen molar-refractivity contribution >= 4 is 6.29 Å². The van der Waals surface area contributed by atoms with Crippen molar-refractivity contribution in [3.8, 4) is 0 Å². The molecule has 70 valence electrons. The third kappa shape index (κ3) is 2.73. The van der Waals surface area contributed by atoms with Crippen LogP contribution in [-0.2, 0) is 4.79 Å². The van der Waals surface area contributed by atoms with Crippen LogP contribution >= 0.6 is 0 Å². The molecule has 0 radical (unpaired) electrons. The first-order chi connectivity index (χ1) is 5.54. The molecule has 2 unspecified atom stereocenters. The lowest BCUT2D eigenvalue weighted by atomic mass is 10.0. The molecule has 0 amide bonds. The molecule has 0 rings (SSSR count). The fourth-order valence-electron chi connectivity index (χ4n) is 0.819. The third-order valence-electron chi connectivity index (χ3n) is 1.63. The van der Waals surface area contributed by atoms with Gasteiger partial charge in [0, 0.05) is 12.1 Å². The summed E-state index contributed by atoms with van der Waals surface area (Å²) in [6.07, 6.45) is -1.70. The zero-order valence-corrected chi connectivity index (χ0v) is 7.32. The smallest absolute Gasteiger partial charge is 0.148 e. The number of nitrogens with two attached hydrogens (primary N) is 1. The van der Waals surface area contributed by atoms with Gasteiger partial charge in [0.25, 0.3) is 0 Å². The first-order valence-corrected chi connectivity index (χ1v) is 3.73. The van der Waals surface area contributed by atoms with E-state index in [4.69, 9.17) is 10.8 Å². The van der Waals surface area contributed by atoms with Crippen molar-refractivity contribution in [3.63, 3.8) is 0 Å². The quantitative estimate of drug-likeness (QED) is 0.384. The summed E-state index contributed by atoms with van der Waals surface area (Å²) < 4.78 is 0. The maximum atomic E-state index is 10.4. The van der Waals surface area contributed by atoms with Gasteiger partial charge in [0.1, 0.15) is 12.4 Å². The van der Waals surface area contributed by atoms with Crippen molar-refractivity contribution in [2.45, 2.75) is 26.1 Å². The lowest BCUT2D eigenvalue weighted by Gasteiger charge is -2.16. The van der Waals surface area contributed by atoms with E-state index in [2.05, 4.69) is 0 Å². The average molecular weight is 173 g/mol. The molecule has 0 heterocycles. The van der Waals surface area contributed by atoms with Gasteiger partial charge in [-0.1, -0.05) is 5.57 Å². The van der Waals surface area contributed by atoms with E-state index in [9.17, 15) is 9.90 Å². The second-order valence-electron chi connectivity index (χ2n) is 2.82. The van der Waals surface area contributed by atoms with Crippen molar-refractivity contribution in [1.29, 1.82) is 0 Å². The van der Waals surface area contributed by atoms with Gasteiger partial charge < -0.3 is 15.9 Å². The van der Waals surface area contributed by atoms with E-state index in [1.165, 1.54) is 0 Å². The van der Waals surface area contributed by atoms with Crippen LogP contribution in [0.2, 0.25) is 0 Å². The molecule has 4 nitrogen and oxygen atoms in total. The number of aliphatic hydroxyl groups excluding tert-OH is 2. The molecule has 0 fully saturated rings. The summed E-state index contributed by atoms with van der Waals surface area (Å²) in [6.45, 7) is 3.32. The van der Waals surface area contributed by atoms with Gasteiger partial charge >= 0.3 is 0 Å². The van der Waals surface area contributed by atoms with Crippen LogP contribution in [0.1, 0.15) is 13.8 Å². The number of aldehydes is 1. The Kier molecular flexibility index (Phi) is 4.73. The predicted molar refractivity (Wildman–Crippen MR) is 45.5 cm³/mol. The molecule has 0 aliphatic rings. The number of carbonyl (C=O) groups excluding carboxylic acids is 1. The summed E-state index contributed by atoms with van der Waals surface area (Å²) in [5, 5.41) is 18.4. The highest BCUT2D eigenvalue weighted by atomic mass is 16.3. The van der Waals surface area contributed by atoms with E-state index in [-0.39, 0.29) is 12.1 Å². The number of hydrogen-bond donors (Lipinski definition) is 3. The van der Waals surface area contributed by atoms with E-state index in [0.717, 1.165) is 0 Å². The monoisotopic (exact) mass is 173 g/mol. The van der Waals surface area contributed by atoms with Crippen LogP contribution < -0.4 is 5.73 Å². The van der Waals surface area contributed by atoms with Gasteiger partial charge in [0.15, 0.2) is 0 Å². The highest BCUT2D eigenvalue weighted by molar-refractivity contribution is 5.76. The Bertz CT molecular complexity index is 185. The van der Waals surface area contributed by atoms with Gasteiger partial charge in [-0.2, -0.15) is 0 Å². The van der Waals surface area contributed by atoms with E-state index in [1.807, 2.05) is 0 Å². The molecule has 4 N–H and O–H groups in total. The van der Waals surface area contributed by atoms with Gasteiger partial charge in [-0.15, -0.1) is 0 Å². The van der Waals surface area contributed by atoms with Crippen molar-refractivity contribution in [1.82, 2.24) is 0 Å². The van der Waals surface area contributed by atoms with Crippen molar-refractivity contribution in [3.05, 3.63) is 11.1 Å². The molecule has 4 heteroatoms. The standard InChI is InChI=1S/C8H15NO3/c1-5(2)6(4-10)8(12)7(11)3-9/h4,7-8,11-12H,3,9H2,1-2H3. The normalized spacial score (nSPS) is 15.1. The van der Waals surface area contributed by atoms with Crippen LogP contribution in [0.4, 0.5) is 0 Å². The van der Waals surface area contributed by atoms with Gasteiger partial charge in [-0.3, -0.25) is 4.79 Å². The Hall–Kier alpha value is -0.710. The molecule has 0 saturated carbocycles. The van der Waals surface area contributed by atoms with Crippen molar-refractivity contribution in [2.24, 2.45) is 5.73 Å². The van der Waals surface area contributed by atoms with Crippen LogP contribution in [0.5, 0.6) is 0 Å². The predicted octanol–water partition coefficient (Wildman–Crippen LogP) is -0.798. The van der Waals surface area contributed by atoms with E-state index in [0.29, 0.717) is 11.9 Å². The molecule has 0 spiro atoms.